The zero-order valence-electron chi connectivity index (χ0n) is 15.1. The second-order valence-electron chi connectivity index (χ2n) is 6.18. The van der Waals surface area contributed by atoms with Gasteiger partial charge in [-0.25, -0.2) is 0 Å². The Hall–Kier alpha value is -2.86. The Balaban J connectivity index is 2.24. The predicted octanol–water partition coefficient (Wildman–Crippen LogP) is 3.20. The molecule has 0 saturated heterocycles. The molecule has 26 heavy (non-hydrogen) atoms. The van der Waals surface area contributed by atoms with Crippen LogP contribution in [0, 0.1) is 0 Å². The summed E-state index contributed by atoms with van der Waals surface area (Å²) in [4.78, 5) is 15.9. The smallest absolute Gasteiger partial charge is 0.280 e. The largest absolute Gasteiger partial charge is 0.380 e. The van der Waals surface area contributed by atoms with Crippen LogP contribution in [0.2, 0.25) is 0 Å². The van der Waals surface area contributed by atoms with Crippen LogP contribution in [0.3, 0.4) is 0 Å². The number of carbonyl (C=O) groups is 1. The van der Waals surface area contributed by atoms with Gasteiger partial charge in [0.05, 0.1) is 18.2 Å². The summed E-state index contributed by atoms with van der Waals surface area (Å²) in [5, 5.41) is 2.25. The van der Waals surface area contributed by atoms with Crippen LogP contribution >= 0.6 is 0 Å². The summed E-state index contributed by atoms with van der Waals surface area (Å²) in [5.41, 5.74) is 13.3. The molecular weight excluding hydrogens is 328 g/mol. The fourth-order valence-corrected chi connectivity index (χ4v) is 3.34. The molecule has 0 aliphatic carbocycles. The number of nitrogens with two attached hydrogens (primary N) is 2. The number of aliphatic imine (C=N–C) groups is 1. The maximum Gasteiger partial charge on any atom is 0.280 e. The van der Waals surface area contributed by atoms with E-state index >= 15 is 0 Å². The van der Waals surface area contributed by atoms with Gasteiger partial charge in [-0.3, -0.25) is 4.79 Å². The van der Waals surface area contributed by atoms with E-state index in [4.69, 9.17) is 16.2 Å². The standard InChI is InChI=1S/C20H24N4O2/c1-3-14(12-26-4-2)24-17-8-6-5-7-15(17)16-10-9-13(11-18(16)24)19(25)23-20(21)22/h5-11,14H,3-4,12H2,1-2H3,(H4,21,22,23,25). The molecule has 1 aromatic heterocycles. The first-order chi connectivity index (χ1) is 12.6. The van der Waals surface area contributed by atoms with Gasteiger partial charge >= 0.3 is 0 Å². The first kappa shape index (κ1) is 17.9. The topological polar surface area (TPSA) is 95.6 Å². The first-order valence-corrected chi connectivity index (χ1v) is 8.81. The highest BCUT2D eigenvalue weighted by atomic mass is 16.5. The van der Waals surface area contributed by atoms with Crippen LogP contribution in [0.25, 0.3) is 21.8 Å². The predicted molar refractivity (Wildman–Crippen MR) is 105 cm³/mol. The molecule has 3 rings (SSSR count). The number of fused-ring (bicyclic) bond motifs is 3. The van der Waals surface area contributed by atoms with Crippen molar-refractivity contribution < 1.29 is 9.53 Å². The van der Waals surface area contributed by atoms with Crippen molar-refractivity contribution in [1.29, 1.82) is 0 Å². The molecule has 0 saturated carbocycles. The van der Waals surface area contributed by atoms with Gasteiger partial charge in [-0.1, -0.05) is 31.2 Å². The van der Waals surface area contributed by atoms with Crippen molar-refractivity contribution >= 4 is 33.7 Å². The summed E-state index contributed by atoms with van der Waals surface area (Å²) >= 11 is 0. The molecule has 6 heteroatoms. The summed E-state index contributed by atoms with van der Waals surface area (Å²) in [6, 6.07) is 14.0. The minimum atomic E-state index is -0.443. The second-order valence-corrected chi connectivity index (χ2v) is 6.18. The van der Waals surface area contributed by atoms with Crippen LogP contribution in [0.5, 0.6) is 0 Å². The summed E-state index contributed by atoms with van der Waals surface area (Å²) in [5.74, 6) is -0.681. The van der Waals surface area contributed by atoms with Gasteiger partial charge in [-0.05, 0) is 31.5 Å². The molecule has 3 aromatic rings. The number of guanidine groups is 1. The molecule has 0 bridgehead atoms. The van der Waals surface area contributed by atoms with Crippen LogP contribution in [-0.2, 0) is 4.74 Å². The normalized spacial score (nSPS) is 12.4. The van der Waals surface area contributed by atoms with Crippen LogP contribution < -0.4 is 11.5 Å². The average molecular weight is 352 g/mol. The summed E-state index contributed by atoms with van der Waals surface area (Å²) in [6.07, 6.45) is 0.917. The van der Waals surface area contributed by atoms with E-state index in [9.17, 15) is 4.79 Å². The van der Waals surface area contributed by atoms with E-state index in [2.05, 4.69) is 28.6 Å². The molecule has 0 aliphatic heterocycles. The van der Waals surface area contributed by atoms with E-state index in [1.807, 2.05) is 31.2 Å². The fraction of sp³-hybridized carbons (Fsp3) is 0.300. The Morgan fingerprint density at radius 2 is 1.85 bits per heavy atom. The molecule has 1 unspecified atom stereocenters. The number of amides is 1. The summed E-state index contributed by atoms with van der Waals surface area (Å²) < 4.78 is 7.95. The lowest BCUT2D eigenvalue weighted by molar-refractivity contribution is 0.100. The molecule has 1 atom stereocenters. The minimum absolute atomic E-state index is 0.172. The van der Waals surface area contributed by atoms with Crippen LogP contribution in [-0.4, -0.2) is 29.6 Å². The van der Waals surface area contributed by atoms with Crippen molar-refractivity contribution in [3.8, 4) is 0 Å². The van der Waals surface area contributed by atoms with Gasteiger partial charge in [0, 0.05) is 28.5 Å². The van der Waals surface area contributed by atoms with Gasteiger partial charge in [0.1, 0.15) is 0 Å². The van der Waals surface area contributed by atoms with Crippen LogP contribution in [0.1, 0.15) is 36.7 Å². The highest BCUT2D eigenvalue weighted by Gasteiger charge is 2.18. The highest BCUT2D eigenvalue weighted by molar-refractivity contribution is 6.11. The molecule has 6 nitrogen and oxygen atoms in total. The third-order valence-electron chi connectivity index (χ3n) is 4.54. The first-order valence-electron chi connectivity index (χ1n) is 8.81. The highest BCUT2D eigenvalue weighted by Crippen LogP contribution is 2.33. The molecule has 1 amide bonds. The molecule has 1 heterocycles. The lowest BCUT2D eigenvalue weighted by Gasteiger charge is -2.20. The van der Waals surface area contributed by atoms with E-state index in [-0.39, 0.29) is 12.0 Å². The molecule has 0 fully saturated rings. The van der Waals surface area contributed by atoms with Crippen LogP contribution in [0.15, 0.2) is 47.5 Å². The SMILES string of the molecule is CCOCC(CC)n1c2ccccc2c2ccc(C(=O)N=C(N)N)cc21. The van der Waals surface area contributed by atoms with E-state index in [0.717, 1.165) is 28.2 Å². The molecule has 0 radical (unpaired) electrons. The van der Waals surface area contributed by atoms with Crippen molar-refractivity contribution in [2.75, 3.05) is 13.2 Å². The maximum atomic E-state index is 12.3. The van der Waals surface area contributed by atoms with Gasteiger partial charge in [-0.15, -0.1) is 0 Å². The number of hydrogen-bond acceptors (Lipinski definition) is 2. The van der Waals surface area contributed by atoms with Crippen molar-refractivity contribution in [3.05, 3.63) is 48.0 Å². The number of carbonyl (C=O) groups excluding carboxylic acids is 1. The van der Waals surface area contributed by atoms with Gasteiger partial charge in [0.2, 0.25) is 0 Å². The summed E-state index contributed by atoms with van der Waals surface area (Å²) in [7, 11) is 0. The van der Waals surface area contributed by atoms with E-state index in [1.54, 1.807) is 6.07 Å². The second kappa shape index (κ2) is 7.58. The zero-order chi connectivity index (χ0) is 18.7. The summed E-state index contributed by atoms with van der Waals surface area (Å²) in [6.45, 7) is 5.41. The number of benzene rings is 2. The number of aromatic nitrogens is 1. The van der Waals surface area contributed by atoms with Gasteiger partial charge in [-0.2, -0.15) is 4.99 Å². The fourth-order valence-electron chi connectivity index (χ4n) is 3.34. The van der Waals surface area contributed by atoms with Crippen molar-refractivity contribution in [1.82, 2.24) is 4.57 Å². The average Bonchev–Trinajstić information content (AvgIpc) is 2.96. The minimum Gasteiger partial charge on any atom is -0.380 e. The number of hydrogen-bond donors (Lipinski definition) is 2. The molecule has 4 N–H and O–H groups in total. The van der Waals surface area contributed by atoms with E-state index < -0.39 is 5.91 Å². The number of nitrogens with zero attached hydrogens (tertiary/aromatic N) is 2. The zero-order valence-corrected chi connectivity index (χ0v) is 15.1. The van der Waals surface area contributed by atoms with Gasteiger partial charge < -0.3 is 20.8 Å². The van der Waals surface area contributed by atoms with Crippen LogP contribution in [0.4, 0.5) is 0 Å². The molecular formula is C20H24N4O2. The maximum absolute atomic E-state index is 12.3. The quantitative estimate of drug-likeness (QED) is 0.526. The third kappa shape index (κ3) is 3.28. The van der Waals surface area contributed by atoms with E-state index in [1.165, 1.54) is 0 Å². The van der Waals surface area contributed by atoms with Gasteiger partial charge in [0.25, 0.3) is 5.91 Å². The Morgan fingerprint density at radius 3 is 2.54 bits per heavy atom. The Bertz CT molecular complexity index is 971. The van der Waals surface area contributed by atoms with Crippen molar-refractivity contribution in [2.24, 2.45) is 16.5 Å². The molecule has 136 valence electrons. The number of ether oxygens (including phenoxy) is 1. The molecule has 2 aromatic carbocycles. The third-order valence-corrected chi connectivity index (χ3v) is 4.54. The molecule has 0 spiro atoms. The molecule has 0 aliphatic rings. The van der Waals surface area contributed by atoms with Crippen molar-refractivity contribution in [3.63, 3.8) is 0 Å². The number of para-hydroxylation sites is 1. The lowest BCUT2D eigenvalue weighted by atomic mass is 10.1. The Labute approximate surface area is 152 Å². The Kier molecular flexibility index (Phi) is 5.23. The van der Waals surface area contributed by atoms with Crippen molar-refractivity contribution in [2.45, 2.75) is 26.3 Å². The van der Waals surface area contributed by atoms with Gasteiger partial charge in [0.15, 0.2) is 5.96 Å². The number of rotatable bonds is 6. The lowest BCUT2D eigenvalue weighted by Crippen LogP contribution is -2.24. The monoisotopic (exact) mass is 352 g/mol. The van der Waals surface area contributed by atoms with E-state index in [0.29, 0.717) is 18.8 Å². The Morgan fingerprint density at radius 1 is 1.12 bits per heavy atom.